The van der Waals surface area contributed by atoms with Gasteiger partial charge in [-0.25, -0.2) is 9.98 Å². The highest BCUT2D eigenvalue weighted by Crippen LogP contribution is 2.20. The van der Waals surface area contributed by atoms with Gasteiger partial charge in [0.2, 0.25) is 0 Å². The SMILES string of the molecule is CCNC(=NCc1cccnc1N1CCOCC1)NC1CCCCC1. The van der Waals surface area contributed by atoms with Crippen LogP contribution in [0.4, 0.5) is 5.82 Å². The molecule has 2 N–H and O–H groups in total. The minimum absolute atomic E-state index is 0.555. The van der Waals surface area contributed by atoms with Crippen LogP contribution in [0.25, 0.3) is 0 Å². The van der Waals surface area contributed by atoms with E-state index in [1.54, 1.807) is 0 Å². The molecule has 1 aliphatic heterocycles. The summed E-state index contributed by atoms with van der Waals surface area (Å²) in [6, 6.07) is 4.68. The molecule has 0 amide bonds. The fourth-order valence-electron chi connectivity index (χ4n) is 3.54. The minimum atomic E-state index is 0.555. The van der Waals surface area contributed by atoms with Gasteiger partial charge < -0.3 is 20.3 Å². The molecule has 0 radical (unpaired) electrons. The van der Waals surface area contributed by atoms with Crippen molar-refractivity contribution in [2.24, 2.45) is 4.99 Å². The first-order chi connectivity index (χ1) is 12.4. The zero-order valence-corrected chi connectivity index (χ0v) is 15.3. The van der Waals surface area contributed by atoms with Crippen molar-refractivity contribution >= 4 is 11.8 Å². The molecule has 1 aromatic rings. The van der Waals surface area contributed by atoms with E-state index in [9.17, 15) is 0 Å². The van der Waals surface area contributed by atoms with Gasteiger partial charge in [-0.2, -0.15) is 0 Å². The van der Waals surface area contributed by atoms with Crippen molar-refractivity contribution in [3.8, 4) is 0 Å². The zero-order chi connectivity index (χ0) is 17.3. The van der Waals surface area contributed by atoms with Crippen molar-refractivity contribution in [3.63, 3.8) is 0 Å². The lowest BCUT2D eigenvalue weighted by Crippen LogP contribution is -2.44. The van der Waals surface area contributed by atoms with Crippen LogP contribution in [0.3, 0.4) is 0 Å². The molecule has 1 saturated carbocycles. The second-order valence-electron chi connectivity index (χ2n) is 6.76. The third-order valence-electron chi connectivity index (χ3n) is 4.88. The van der Waals surface area contributed by atoms with Gasteiger partial charge in [-0.3, -0.25) is 0 Å². The number of pyridine rings is 1. The first kappa shape index (κ1) is 18.0. The van der Waals surface area contributed by atoms with Crippen molar-refractivity contribution in [2.45, 2.75) is 51.6 Å². The van der Waals surface area contributed by atoms with E-state index in [0.717, 1.165) is 44.6 Å². The molecule has 0 unspecified atom stereocenters. The number of morpholine rings is 1. The number of hydrogen-bond acceptors (Lipinski definition) is 4. The van der Waals surface area contributed by atoms with Crippen LogP contribution in [-0.2, 0) is 11.3 Å². The maximum Gasteiger partial charge on any atom is 0.191 e. The number of nitrogens with zero attached hydrogens (tertiary/aromatic N) is 3. The topological polar surface area (TPSA) is 61.8 Å². The van der Waals surface area contributed by atoms with Gasteiger partial charge in [0.05, 0.1) is 19.8 Å². The number of aromatic nitrogens is 1. The van der Waals surface area contributed by atoms with Crippen LogP contribution < -0.4 is 15.5 Å². The molecule has 25 heavy (non-hydrogen) atoms. The van der Waals surface area contributed by atoms with Crippen LogP contribution in [0.15, 0.2) is 23.3 Å². The first-order valence-corrected chi connectivity index (χ1v) is 9.68. The molecule has 1 saturated heterocycles. The molecule has 2 fully saturated rings. The number of rotatable bonds is 5. The smallest absolute Gasteiger partial charge is 0.191 e. The number of nitrogens with one attached hydrogen (secondary N) is 2. The summed E-state index contributed by atoms with van der Waals surface area (Å²) in [6.45, 7) is 6.96. The van der Waals surface area contributed by atoms with Gasteiger partial charge in [-0.15, -0.1) is 0 Å². The normalized spacial score (nSPS) is 19.7. The number of anilines is 1. The predicted octanol–water partition coefficient (Wildman–Crippen LogP) is 2.31. The van der Waals surface area contributed by atoms with E-state index in [4.69, 9.17) is 9.73 Å². The quantitative estimate of drug-likeness (QED) is 0.633. The fraction of sp³-hybridized carbons (Fsp3) is 0.684. The van der Waals surface area contributed by atoms with Gasteiger partial charge in [0.15, 0.2) is 5.96 Å². The van der Waals surface area contributed by atoms with Crippen molar-refractivity contribution in [1.29, 1.82) is 0 Å². The van der Waals surface area contributed by atoms with E-state index in [-0.39, 0.29) is 0 Å². The third kappa shape index (κ3) is 5.33. The third-order valence-corrected chi connectivity index (χ3v) is 4.88. The molecule has 1 aliphatic carbocycles. The second kappa shape index (κ2) is 9.61. The molecule has 138 valence electrons. The minimum Gasteiger partial charge on any atom is -0.378 e. The molecule has 6 heteroatoms. The average molecular weight is 345 g/mol. The highest BCUT2D eigenvalue weighted by Gasteiger charge is 2.17. The largest absolute Gasteiger partial charge is 0.378 e. The molecule has 2 heterocycles. The number of hydrogen-bond donors (Lipinski definition) is 2. The highest BCUT2D eigenvalue weighted by molar-refractivity contribution is 5.80. The molecule has 0 spiro atoms. The highest BCUT2D eigenvalue weighted by atomic mass is 16.5. The Morgan fingerprint density at radius 3 is 2.84 bits per heavy atom. The van der Waals surface area contributed by atoms with E-state index in [2.05, 4.69) is 33.5 Å². The Labute approximate surface area is 151 Å². The number of aliphatic imine (C=N–C) groups is 1. The first-order valence-electron chi connectivity index (χ1n) is 9.68. The summed E-state index contributed by atoms with van der Waals surface area (Å²) in [5, 5.41) is 7.00. The summed E-state index contributed by atoms with van der Waals surface area (Å²) < 4.78 is 5.46. The van der Waals surface area contributed by atoms with Crippen molar-refractivity contribution in [3.05, 3.63) is 23.9 Å². The monoisotopic (exact) mass is 345 g/mol. The standard InChI is InChI=1S/C19H31N5O/c1-2-20-19(23-17-8-4-3-5-9-17)22-15-16-7-6-10-21-18(16)24-11-13-25-14-12-24/h6-7,10,17H,2-5,8-9,11-15H2,1H3,(H2,20,22,23). The Hall–Kier alpha value is -1.82. The van der Waals surface area contributed by atoms with Gasteiger partial charge in [-0.1, -0.05) is 25.3 Å². The van der Waals surface area contributed by atoms with Crippen LogP contribution in [-0.4, -0.2) is 49.8 Å². The van der Waals surface area contributed by atoms with Crippen LogP contribution in [0.2, 0.25) is 0 Å². The Bertz CT molecular complexity index is 551. The Kier molecular flexibility index (Phi) is 6.91. The number of guanidine groups is 1. The summed E-state index contributed by atoms with van der Waals surface area (Å²) in [6.07, 6.45) is 8.36. The van der Waals surface area contributed by atoms with Crippen molar-refractivity contribution in [1.82, 2.24) is 15.6 Å². The lowest BCUT2D eigenvalue weighted by atomic mass is 9.96. The van der Waals surface area contributed by atoms with E-state index in [0.29, 0.717) is 12.6 Å². The Morgan fingerprint density at radius 2 is 2.08 bits per heavy atom. The molecule has 1 aromatic heterocycles. The van der Waals surface area contributed by atoms with Gasteiger partial charge in [-0.05, 0) is 25.8 Å². The maximum absolute atomic E-state index is 5.46. The van der Waals surface area contributed by atoms with E-state index >= 15 is 0 Å². The summed E-state index contributed by atoms with van der Waals surface area (Å²) in [5.41, 5.74) is 1.17. The molecule has 0 aromatic carbocycles. The average Bonchev–Trinajstić information content (AvgIpc) is 2.68. The fourth-order valence-corrected chi connectivity index (χ4v) is 3.54. The van der Waals surface area contributed by atoms with Crippen LogP contribution >= 0.6 is 0 Å². The predicted molar refractivity (Wildman–Crippen MR) is 102 cm³/mol. The molecular weight excluding hydrogens is 314 g/mol. The van der Waals surface area contributed by atoms with Crippen LogP contribution in [0.1, 0.15) is 44.6 Å². The summed E-state index contributed by atoms with van der Waals surface area (Å²) in [4.78, 5) is 11.7. The molecule has 0 bridgehead atoms. The van der Waals surface area contributed by atoms with Crippen LogP contribution in [0.5, 0.6) is 0 Å². The maximum atomic E-state index is 5.46. The summed E-state index contributed by atoms with van der Waals surface area (Å²) in [7, 11) is 0. The summed E-state index contributed by atoms with van der Waals surface area (Å²) in [5.74, 6) is 1.97. The summed E-state index contributed by atoms with van der Waals surface area (Å²) >= 11 is 0. The van der Waals surface area contributed by atoms with Crippen molar-refractivity contribution in [2.75, 3.05) is 37.7 Å². The van der Waals surface area contributed by atoms with Gasteiger partial charge in [0.1, 0.15) is 5.82 Å². The molecule has 0 atom stereocenters. The second-order valence-corrected chi connectivity index (χ2v) is 6.76. The van der Waals surface area contributed by atoms with Gasteiger partial charge in [0, 0.05) is 37.4 Å². The van der Waals surface area contributed by atoms with E-state index in [1.165, 1.54) is 37.7 Å². The molecule has 3 rings (SSSR count). The van der Waals surface area contributed by atoms with Crippen LogP contribution in [0, 0.1) is 0 Å². The Balaban J connectivity index is 1.67. The van der Waals surface area contributed by atoms with Gasteiger partial charge >= 0.3 is 0 Å². The molecule has 6 nitrogen and oxygen atoms in total. The van der Waals surface area contributed by atoms with E-state index < -0.39 is 0 Å². The van der Waals surface area contributed by atoms with E-state index in [1.807, 2.05) is 12.3 Å². The molecular formula is C19H31N5O. The lowest BCUT2D eigenvalue weighted by molar-refractivity contribution is 0.122. The molecule has 2 aliphatic rings. The zero-order valence-electron chi connectivity index (χ0n) is 15.3. The number of ether oxygens (including phenoxy) is 1. The van der Waals surface area contributed by atoms with Crippen molar-refractivity contribution < 1.29 is 4.74 Å². The van der Waals surface area contributed by atoms with Gasteiger partial charge in [0.25, 0.3) is 0 Å². The Morgan fingerprint density at radius 1 is 1.28 bits per heavy atom. The lowest BCUT2D eigenvalue weighted by Gasteiger charge is -2.29.